The van der Waals surface area contributed by atoms with Crippen molar-refractivity contribution in [1.82, 2.24) is 9.88 Å². The highest BCUT2D eigenvalue weighted by Crippen LogP contribution is 2.28. The van der Waals surface area contributed by atoms with Gasteiger partial charge in [0.2, 0.25) is 0 Å². The summed E-state index contributed by atoms with van der Waals surface area (Å²) in [5.74, 6) is 0.0113. The van der Waals surface area contributed by atoms with Gasteiger partial charge < -0.3 is 9.88 Å². The minimum Gasteiger partial charge on any atom is -0.350 e. The summed E-state index contributed by atoms with van der Waals surface area (Å²) in [6, 6.07) is 10.5. The number of rotatable bonds is 4. The van der Waals surface area contributed by atoms with Crippen LogP contribution in [0, 0.1) is 6.92 Å². The van der Waals surface area contributed by atoms with Gasteiger partial charge in [0.05, 0.1) is 0 Å². The Morgan fingerprint density at radius 3 is 2.61 bits per heavy atom. The summed E-state index contributed by atoms with van der Waals surface area (Å²) in [6.07, 6.45) is 5.85. The van der Waals surface area contributed by atoms with Gasteiger partial charge in [-0.3, -0.25) is 4.79 Å². The highest BCUT2D eigenvalue weighted by atomic mass is 16.1. The van der Waals surface area contributed by atoms with Crippen LogP contribution in [0.15, 0.2) is 30.3 Å². The van der Waals surface area contributed by atoms with Crippen molar-refractivity contribution < 1.29 is 4.79 Å². The summed E-state index contributed by atoms with van der Waals surface area (Å²) in [5.41, 5.74) is 6.12. The third-order valence-electron chi connectivity index (χ3n) is 4.86. The number of fused-ring (bicyclic) bond motifs is 1. The Bertz CT molecular complexity index is 697. The third-order valence-corrected chi connectivity index (χ3v) is 4.86. The molecule has 1 aromatic heterocycles. The fourth-order valence-electron chi connectivity index (χ4n) is 3.38. The molecule has 0 spiro atoms. The molecule has 0 aliphatic heterocycles. The molecule has 23 heavy (non-hydrogen) atoms. The van der Waals surface area contributed by atoms with Crippen LogP contribution < -0.4 is 5.32 Å². The number of hydrogen-bond acceptors (Lipinski definition) is 1. The van der Waals surface area contributed by atoms with E-state index in [1.165, 1.54) is 36.2 Å². The van der Waals surface area contributed by atoms with Crippen molar-refractivity contribution in [1.29, 1.82) is 0 Å². The number of carbonyl (C=O) groups is 1. The van der Waals surface area contributed by atoms with Gasteiger partial charge in [-0.2, -0.15) is 0 Å². The molecule has 1 aromatic carbocycles. The van der Waals surface area contributed by atoms with Crippen LogP contribution in [0.1, 0.15) is 60.4 Å². The first-order chi connectivity index (χ1) is 11.1. The maximum absolute atomic E-state index is 12.2. The first-order valence-electron chi connectivity index (χ1n) is 8.71. The molecule has 3 heteroatoms. The van der Waals surface area contributed by atoms with E-state index in [9.17, 15) is 4.79 Å². The van der Waals surface area contributed by atoms with Gasteiger partial charge in [0.15, 0.2) is 0 Å². The van der Waals surface area contributed by atoms with Crippen molar-refractivity contribution in [2.45, 2.75) is 58.9 Å². The van der Waals surface area contributed by atoms with Crippen molar-refractivity contribution >= 4 is 5.91 Å². The van der Waals surface area contributed by atoms with Crippen LogP contribution in [0.25, 0.3) is 5.69 Å². The maximum atomic E-state index is 12.2. The van der Waals surface area contributed by atoms with Gasteiger partial charge in [0.25, 0.3) is 5.91 Å². The zero-order valence-corrected chi connectivity index (χ0v) is 14.4. The van der Waals surface area contributed by atoms with Crippen LogP contribution in [0.4, 0.5) is 0 Å². The average molecular weight is 310 g/mol. The van der Waals surface area contributed by atoms with Crippen LogP contribution in [0.3, 0.4) is 0 Å². The minimum atomic E-state index is 0.0113. The molecule has 0 saturated carbocycles. The van der Waals surface area contributed by atoms with E-state index in [4.69, 9.17) is 0 Å². The second-order valence-corrected chi connectivity index (χ2v) is 6.63. The standard InChI is InChI=1S/C20H26N2O/c1-4-14(2)21-20(23)16-9-11-18(12-10-16)22-15(3)13-17-7-5-6-8-19(17)22/h9-14H,4-8H2,1-3H3,(H,21,23)/t14-/m1/s1. The normalized spacial score (nSPS) is 15.1. The molecule has 0 unspecified atom stereocenters. The Kier molecular flexibility index (Phi) is 4.56. The van der Waals surface area contributed by atoms with Gasteiger partial charge in [-0.05, 0) is 81.8 Å². The van der Waals surface area contributed by atoms with Gasteiger partial charge in [0, 0.05) is 28.7 Å². The number of carbonyl (C=O) groups excluding carboxylic acids is 1. The van der Waals surface area contributed by atoms with Crippen LogP contribution >= 0.6 is 0 Å². The third kappa shape index (κ3) is 3.19. The lowest BCUT2D eigenvalue weighted by Crippen LogP contribution is -2.31. The van der Waals surface area contributed by atoms with Crippen LogP contribution in [-0.2, 0) is 12.8 Å². The SMILES string of the molecule is CC[C@@H](C)NC(=O)c1ccc(-n2c(C)cc3c2CCCC3)cc1. The Morgan fingerprint density at radius 1 is 1.22 bits per heavy atom. The molecule has 0 bridgehead atoms. The predicted molar refractivity (Wildman–Crippen MR) is 94.4 cm³/mol. The molecule has 122 valence electrons. The molecule has 1 aliphatic carbocycles. The van der Waals surface area contributed by atoms with Crippen molar-refractivity contribution in [2.75, 3.05) is 0 Å². The Hall–Kier alpha value is -2.03. The molecule has 1 N–H and O–H groups in total. The lowest BCUT2D eigenvalue weighted by molar-refractivity contribution is 0.0939. The fourth-order valence-corrected chi connectivity index (χ4v) is 3.38. The molecule has 1 amide bonds. The predicted octanol–water partition coefficient (Wildman–Crippen LogP) is 4.19. The number of aryl methyl sites for hydroxylation is 2. The first-order valence-corrected chi connectivity index (χ1v) is 8.71. The van der Waals surface area contributed by atoms with Crippen molar-refractivity contribution in [3.63, 3.8) is 0 Å². The fraction of sp³-hybridized carbons (Fsp3) is 0.450. The average Bonchev–Trinajstić information content (AvgIpc) is 2.90. The zero-order valence-electron chi connectivity index (χ0n) is 14.4. The van der Waals surface area contributed by atoms with Crippen LogP contribution in [-0.4, -0.2) is 16.5 Å². The van der Waals surface area contributed by atoms with Crippen molar-refractivity contribution in [2.24, 2.45) is 0 Å². The summed E-state index contributed by atoms with van der Waals surface area (Å²) in [7, 11) is 0. The highest BCUT2D eigenvalue weighted by Gasteiger charge is 2.17. The molecule has 3 rings (SSSR count). The maximum Gasteiger partial charge on any atom is 0.251 e. The van der Waals surface area contributed by atoms with Gasteiger partial charge >= 0.3 is 0 Å². The number of aromatic nitrogens is 1. The molecule has 0 saturated heterocycles. The van der Waals surface area contributed by atoms with E-state index < -0.39 is 0 Å². The van der Waals surface area contributed by atoms with E-state index in [0.717, 1.165) is 24.1 Å². The quantitative estimate of drug-likeness (QED) is 0.902. The zero-order chi connectivity index (χ0) is 16.4. The van der Waals surface area contributed by atoms with E-state index >= 15 is 0 Å². The van der Waals surface area contributed by atoms with Gasteiger partial charge in [0.1, 0.15) is 0 Å². The molecular weight excluding hydrogens is 284 g/mol. The Labute approximate surface area is 138 Å². The number of nitrogens with zero attached hydrogens (tertiary/aromatic N) is 1. The number of benzene rings is 1. The summed E-state index contributed by atoms with van der Waals surface area (Å²) in [5, 5.41) is 3.02. The molecule has 1 atom stereocenters. The second-order valence-electron chi connectivity index (χ2n) is 6.63. The topological polar surface area (TPSA) is 34.0 Å². The molecule has 3 nitrogen and oxygen atoms in total. The number of amides is 1. The van der Waals surface area contributed by atoms with E-state index in [1.54, 1.807) is 0 Å². The monoisotopic (exact) mass is 310 g/mol. The molecule has 1 aliphatic rings. The Balaban J connectivity index is 1.86. The smallest absolute Gasteiger partial charge is 0.251 e. The molecular formula is C20H26N2O. The largest absolute Gasteiger partial charge is 0.350 e. The van der Waals surface area contributed by atoms with Crippen molar-refractivity contribution in [3.8, 4) is 5.69 Å². The van der Waals surface area contributed by atoms with E-state index in [2.05, 4.69) is 41.9 Å². The summed E-state index contributed by atoms with van der Waals surface area (Å²) in [4.78, 5) is 12.2. The molecule has 0 fully saturated rings. The van der Waals surface area contributed by atoms with E-state index in [0.29, 0.717) is 0 Å². The second kappa shape index (κ2) is 6.61. The number of hydrogen-bond donors (Lipinski definition) is 1. The lowest BCUT2D eigenvalue weighted by Gasteiger charge is -2.17. The summed E-state index contributed by atoms with van der Waals surface area (Å²) >= 11 is 0. The first kappa shape index (κ1) is 15.9. The van der Waals surface area contributed by atoms with Crippen LogP contribution in [0.5, 0.6) is 0 Å². The number of nitrogens with one attached hydrogen (secondary N) is 1. The summed E-state index contributed by atoms with van der Waals surface area (Å²) in [6.45, 7) is 6.27. The minimum absolute atomic E-state index is 0.0113. The Morgan fingerprint density at radius 2 is 1.91 bits per heavy atom. The van der Waals surface area contributed by atoms with Gasteiger partial charge in [-0.15, -0.1) is 0 Å². The summed E-state index contributed by atoms with van der Waals surface area (Å²) < 4.78 is 2.35. The van der Waals surface area contributed by atoms with Gasteiger partial charge in [-0.1, -0.05) is 6.92 Å². The van der Waals surface area contributed by atoms with Crippen LogP contribution in [0.2, 0.25) is 0 Å². The highest BCUT2D eigenvalue weighted by molar-refractivity contribution is 5.94. The molecule has 2 aromatic rings. The lowest BCUT2D eigenvalue weighted by atomic mass is 9.98. The molecule has 1 heterocycles. The van der Waals surface area contributed by atoms with Crippen molar-refractivity contribution in [3.05, 3.63) is 52.8 Å². The van der Waals surface area contributed by atoms with E-state index in [1.807, 2.05) is 19.1 Å². The molecule has 0 radical (unpaired) electrons. The van der Waals surface area contributed by atoms with Gasteiger partial charge in [-0.25, -0.2) is 0 Å². The van der Waals surface area contributed by atoms with E-state index in [-0.39, 0.29) is 11.9 Å².